The van der Waals surface area contributed by atoms with Crippen LogP contribution in [-0.2, 0) is 6.42 Å². The Bertz CT molecular complexity index is 576. The SMILES string of the molecule is Nc1cccc(CCCCCCCCCCSSc2cccc(N)c2)c1. The Hall–Kier alpha value is -1.26. The Morgan fingerprint density at radius 3 is 1.96 bits per heavy atom. The van der Waals surface area contributed by atoms with Gasteiger partial charge in [0.2, 0.25) is 0 Å². The van der Waals surface area contributed by atoms with Crippen molar-refractivity contribution in [3.8, 4) is 0 Å². The fourth-order valence-corrected chi connectivity index (χ4v) is 5.16. The number of rotatable bonds is 13. The maximum absolute atomic E-state index is 5.82. The highest BCUT2D eigenvalue weighted by molar-refractivity contribution is 8.76. The number of aryl methyl sites for hydroxylation is 1. The highest BCUT2D eigenvalue weighted by Crippen LogP contribution is 2.32. The number of unbranched alkanes of at least 4 members (excludes halogenated alkanes) is 7. The molecule has 2 aromatic rings. The molecular formula is C22H32N2S2. The van der Waals surface area contributed by atoms with Gasteiger partial charge < -0.3 is 11.5 Å². The van der Waals surface area contributed by atoms with E-state index in [0.717, 1.165) is 17.8 Å². The molecule has 0 saturated heterocycles. The number of hydrogen-bond acceptors (Lipinski definition) is 4. The predicted molar refractivity (Wildman–Crippen MR) is 121 cm³/mol. The lowest BCUT2D eigenvalue weighted by molar-refractivity contribution is 0.576. The minimum Gasteiger partial charge on any atom is -0.399 e. The van der Waals surface area contributed by atoms with Crippen molar-refractivity contribution in [1.82, 2.24) is 0 Å². The number of hydrogen-bond donors (Lipinski definition) is 2. The summed E-state index contributed by atoms with van der Waals surface area (Å²) < 4.78 is 0. The van der Waals surface area contributed by atoms with E-state index in [1.807, 2.05) is 45.9 Å². The molecule has 0 saturated carbocycles. The fourth-order valence-electron chi connectivity index (χ4n) is 2.98. The van der Waals surface area contributed by atoms with Gasteiger partial charge in [0.1, 0.15) is 0 Å². The van der Waals surface area contributed by atoms with Crippen LogP contribution in [0.25, 0.3) is 0 Å². The molecule has 0 amide bonds. The van der Waals surface area contributed by atoms with E-state index in [1.165, 1.54) is 67.6 Å². The molecule has 0 heterocycles. The lowest BCUT2D eigenvalue weighted by Gasteiger charge is -2.04. The van der Waals surface area contributed by atoms with Crippen molar-refractivity contribution < 1.29 is 0 Å². The summed E-state index contributed by atoms with van der Waals surface area (Å²) in [7, 11) is 3.78. The molecule has 0 unspecified atom stereocenters. The third-order valence-electron chi connectivity index (χ3n) is 4.41. The van der Waals surface area contributed by atoms with Gasteiger partial charge in [-0.15, -0.1) is 0 Å². The summed E-state index contributed by atoms with van der Waals surface area (Å²) in [6.45, 7) is 0. The van der Waals surface area contributed by atoms with Gasteiger partial charge in [0.05, 0.1) is 0 Å². The maximum Gasteiger partial charge on any atom is 0.0325 e. The highest BCUT2D eigenvalue weighted by atomic mass is 33.1. The molecule has 2 rings (SSSR count). The Balaban J connectivity index is 1.36. The Morgan fingerprint density at radius 2 is 1.27 bits per heavy atom. The second-order valence-electron chi connectivity index (χ2n) is 6.80. The molecule has 0 aliphatic rings. The van der Waals surface area contributed by atoms with Crippen LogP contribution in [-0.4, -0.2) is 5.75 Å². The Kier molecular flexibility index (Phi) is 10.5. The van der Waals surface area contributed by atoms with E-state index in [9.17, 15) is 0 Å². The minimum absolute atomic E-state index is 0.850. The zero-order valence-electron chi connectivity index (χ0n) is 15.7. The first-order chi connectivity index (χ1) is 12.7. The van der Waals surface area contributed by atoms with Crippen LogP contribution in [0.1, 0.15) is 56.9 Å². The van der Waals surface area contributed by atoms with E-state index in [-0.39, 0.29) is 0 Å². The van der Waals surface area contributed by atoms with E-state index < -0.39 is 0 Å². The van der Waals surface area contributed by atoms with Crippen LogP contribution in [0.3, 0.4) is 0 Å². The smallest absolute Gasteiger partial charge is 0.0325 e. The van der Waals surface area contributed by atoms with Crippen molar-refractivity contribution in [1.29, 1.82) is 0 Å². The molecule has 0 aliphatic carbocycles. The molecule has 0 aromatic heterocycles. The van der Waals surface area contributed by atoms with Crippen molar-refractivity contribution in [3.63, 3.8) is 0 Å². The van der Waals surface area contributed by atoms with Crippen LogP contribution in [0, 0.1) is 0 Å². The summed E-state index contributed by atoms with van der Waals surface area (Å²) in [5.41, 5.74) is 14.7. The van der Waals surface area contributed by atoms with Crippen LogP contribution in [0.5, 0.6) is 0 Å². The van der Waals surface area contributed by atoms with Crippen molar-refractivity contribution in [3.05, 3.63) is 54.1 Å². The van der Waals surface area contributed by atoms with Crippen LogP contribution >= 0.6 is 21.6 Å². The molecule has 0 spiro atoms. The van der Waals surface area contributed by atoms with Gasteiger partial charge in [0.15, 0.2) is 0 Å². The van der Waals surface area contributed by atoms with Crippen LogP contribution in [0.2, 0.25) is 0 Å². The number of anilines is 2. The maximum atomic E-state index is 5.82. The second-order valence-corrected chi connectivity index (χ2v) is 9.29. The van der Waals surface area contributed by atoms with Gasteiger partial charge in [-0.3, -0.25) is 0 Å². The first kappa shape index (κ1) is 21.0. The monoisotopic (exact) mass is 388 g/mol. The summed E-state index contributed by atoms with van der Waals surface area (Å²) in [4.78, 5) is 1.26. The zero-order valence-corrected chi connectivity index (χ0v) is 17.3. The number of nitrogen functional groups attached to an aromatic ring is 2. The zero-order chi connectivity index (χ0) is 18.5. The quantitative estimate of drug-likeness (QED) is 0.221. The molecule has 26 heavy (non-hydrogen) atoms. The van der Waals surface area contributed by atoms with Gasteiger partial charge in [-0.25, -0.2) is 0 Å². The van der Waals surface area contributed by atoms with Crippen molar-refractivity contribution >= 4 is 33.0 Å². The van der Waals surface area contributed by atoms with Gasteiger partial charge in [0.25, 0.3) is 0 Å². The van der Waals surface area contributed by atoms with Gasteiger partial charge >= 0.3 is 0 Å². The first-order valence-corrected chi connectivity index (χ1v) is 12.1. The largest absolute Gasteiger partial charge is 0.399 e. The normalized spacial score (nSPS) is 10.9. The van der Waals surface area contributed by atoms with E-state index in [1.54, 1.807) is 0 Å². The highest BCUT2D eigenvalue weighted by Gasteiger charge is 1.98. The average Bonchev–Trinajstić information content (AvgIpc) is 2.63. The van der Waals surface area contributed by atoms with Crippen LogP contribution in [0.15, 0.2) is 53.4 Å². The lowest BCUT2D eigenvalue weighted by atomic mass is 10.0. The molecule has 0 fully saturated rings. The minimum atomic E-state index is 0.850. The standard InChI is InChI=1S/C22H32N2S2/c23-20-13-9-12-19(17-20)11-7-5-3-1-2-4-6-8-16-25-26-22-15-10-14-21(24)18-22/h9-10,12-15,17-18H,1-8,11,16,23-24H2. The molecular weight excluding hydrogens is 356 g/mol. The number of nitrogens with two attached hydrogens (primary N) is 2. The molecule has 2 aromatic carbocycles. The molecule has 0 radical (unpaired) electrons. The Labute approximate surface area is 166 Å². The third kappa shape index (κ3) is 9.44. The van der Waals surface area contributed by atoms with Gasteiger partial charge in [-0.05, 0) is 55.2 Å². The summed E-state index contributed by atoms with van der Waals surface area (Å²) >= 11 is 0. The van der Waals surface area contributed by atoms with Crippen molar-refractivity contribution in [2.24, 2.45) is 0 Å². The van der Waals surface area contributed by atoms with Crippen molar-refractivity contribution in [2.45, 2.75) is 62.7 Å². The van der Waals surface area contributed by atoms with Gasteiger partial charge in [-0.1, -0.05) is 78.3 Å². The summed E-state index contributed by atoms with van der Waals surface area (Å²) in [5, 5.41) is 0. The van der Waals surface area contributed by atoms with Crippen molar-refractivity contribution in [2.75, 3.05) is 17.2 Å². The summed E-state index contributed by atoms with van der Waals surface area (Å²) in [6, 6.07) is 16.4. The molecule has 4 N–H and O–H groups in total. The predicted octanol–water partition coefficient (Wildman–Crippen LogP) is 6.95. The van der Waals surface area contributed by atoms with Gasteiger partial charge in [-0.2, -0.15) is 0 Å². The molecule has 0 bridgehead atoms. The lowest BCUT2D eigenvalue weighted by Crippen LogP contribution is -1.89. The molecule has 4 heteroatoms. The van der Waals surface area contributed by atoms with Gasteiger partial charge in [0, 0.05) is 22.0 Å². The molecule has 0 atom stereocenters. The van der Waals surface area contributed by atoms with E-state index in [0.29, 0.717) is 0 Å². The second kappa shape index (κ2) is 13.0. The molecule has 0 aliphatic heterocycles. The first-order valence-electron chi connectivity index (χ1n) is 9.73. The van der Waals surface area contributed by atoms with Crippen LogP contribution < -0.4 is 11.5 Å². The average molecular weight is 389 g/mol. The molecule has 142 valence electrons. The Morgan fingerprint density at radius 1 is 0.654 bits per heavy atom. The van der Waals surface area contributed by atoms with E-state index in [4.69, 9.17) is 11.5 Å². The summed E-state index contributed by atoms with van der Waals surface area (Å²) in [6.07, 6.45) is 11.9. The summed E-state index contributed by atoms with van der Waals surface area (Å²) in [5.74, 6) is 1.22. The van der Waals surface area contributed by atoms with E-state index >= 15 is 0 Å². The van der Waals surface area contributed by atoms with Crippen LogP contribution in [0.4, 0.5) is 11.4 Å². The number of benzene rings is 2. The van der Waals surface area contributed by atoms with E-state index in [2.05, 4.69) is 24.3 Å². The topological polar surface area (TPSA) is 52.0 Å². The molecule has 2 nitrogen and oxygen atoms in total. The third-order valence-corrected chi connectivity index (χ3v) is 6.86. The fraction of sp³-hybridized carbons (Fsp3) is 0.455.